The first-order chi connectivity index (χ1) is 8.56. The van der Waals surface area contributed by atoms with Gasteiger partial charge in [0, 0.05) is 19.6 Å². The molecule has 102 valence electrons. The number of hydrogen-bond donors (Lipinski definition) is 1. The molecule has 0 aromatic carbocycles. The molecule has 0 unspecified atom stereocenters. The van der Waals surface area contributed by atoms with Crippen LogP contribution in [0.1, 0.15) is 26.0 Å². The number of aliphatic hydroxyl groups is 1. The van der Waals surface area contributed by atoms with Gasteiger partial charge in [-0.25, -0.2) is 4.68 Å². The Balaban J connectivity index is 3.29. The summed E-state index contributed by atoms with van der Waals surface area (Å²) in [6.45, 7) is 7.09. The van der Waals surface area contributed by atoms with E-state index in [-0.39, 0.29) is 12.3 Å². The van der Waals surface area contributed by atoms with Crippen LogP contribution in [0.5, 0.6) is 0 Å². The molecule has 0 spiro atoms. The molecule has 0 saturated carbocycles. The van der Waals surface area contributed by atoms with Crippen molar-refractivity contribution in [3.05, 3.63) is 15.8 Å². The van der Waals surface area contributed by atoms with E-state index in [0.717, 1.165) is 6.42 Å². The third kappa shape index (κ3) is 2.79. The highest BCUT2D eigenvalue weighted by Crippen LogP contribution is 2.31. The van der Waals surface area contributed by atoms with Gasteiger partial charge in [-0.2, -0.15) is 5.10 Å². The van der Waals surface area contributed by atoms with E-state index in [2.05, 4.69) is 5.10 Å². The van der Waals surface area contributed by atoms with Crippen molar-refractivity contribution >= 4 is 11.5 Å². The van der Waals surface area contributed by atoms with Crippen LogP contribution in [-0.2, 0) is 6.54 Å². The van der Waals surface area contributed by atoms with E-state index in [1.54, 1.807) is 16.5 Å². The van der Waals surface area contributed by atoms with Crippen LogP contribution in [-0.4, -0.2) is 39.5 Å². The minimum absolute atomic E-state index is 0.0403. The SMILES string of the molecule is CCCn1nc(C)c([N+](=O)[O-])c1N(CC)CCO. The van der Waals surface area contributed by atoms with E-state index in [9.17, 15) is 10.1 Å². The van der Waals surface area contributed by atoms with Crippen molar-refractivity contribution in [2.45, 2.75) is 33.7 Å². The molecule has 1 heterocycles. The topological polar surface area (TPSA) is 84.4 Å². The molecule has 0 amide bonds. The normalized spacial score (nSPS) is 10.7. The minimum Gasteiger partial charge on any atom is -0.395 e. The van der Waals surface area contributed by atoms with Gasteiger partial charge >= 0.3 is 5.69 Å². The second-order valence-corrected chi connectivity index (χ2v) is 4.04. The average molecular weight is 256 g/mol. The maximum Gasteiger partial charge on any atom is 0.333 e. The van der Waals surface area contributed by atoms with Gasteiger partial charge in [-0.15, -0.1) is 0 Å². The monoisotopic (exact) mass is 256 g/mol. The van der Waals surface area contributed by atoms with Crippen LogP contribution in [0.25, 0.3) is 0 Å². The van der Waals surface area contributed by atoms with Crippen LogP contribution in [0.15, 0.2) is 0 Å². The number of aryl methyl sites for hydroxylation is 2. The fraction of sp³-hybridized carbons (Fsp3) is 0.727. The molecule has 0 bridgehead atoms. The van der Waals surface area contributed by atoms with Crippen molar-refractivity contribution in [1.82, 2.24) is 9.78 Å². The quantitative estimate of drug-likeness (QED) is 0.587. The summed E-state index contributed by atoms with van der Waals surface area (Å²) in [6.07, 6.45) is 0.849. The standard InChI is InChI=1S/C11H20N4O3/c1-4-6-14-11(13(5-2)7-8-16)10(15(17)18)9(3)12-14/h16H,4-8H2,1-3H3. The maximum atomic E-state index is 11.1. The maximum absolute atomic E-state index is 11.1. The highest BCUT2D eigenvalue weighted by molar-refractivity contribution is 5.61. The lowest BCUT2D eigenvalue weighted by Gasteiger charge is -2.21. The molecule has 0 radical (unpaired) electrons. The van der Waals surface area contributed by atoms with Crippen LogP contribution < -0.4 is 4.90 Å². The Morgan fingerprint density at radius 1 is 1.50 bits per heavy atom. The summed E-state index contributed by atoms with van der Waals surface area (Å²) in [5.74, 6) is 0.496. The van der Waals surface area contributed by atoms with Gasteiger partial charge < -0.3 is 10.0 Å². The summed E-state index contributed by atoms with van der Waals surface area (Å²) in [6, 6.07) is 0. The molecular formula is C11H20N4O3. The highest BCUT2D eigenvalue weighted by Gasteiger charge is 2.28. The Morgan fingerprint density at radius 3 is 2.61 bits per heavy atom. The molecule has 1 N–H and O–H groups in total. The molecule has 1 aromatic heterocycles. The molecule has 0 aliphatic carbocycles. The predicted molar refractivity (Wildman–Crippen MR) is 68.9 cm³/mol. The first-order valence-electron chi connectivity index (χ1n) is 6.14. The van der Waals surface area contributed by atoms with Crippen molar-refractivity contribution in [3.8, 4) is 0 Å². The number of likely N-dealkylation sites (N-methyl/N-ethyl adjacent to an activating group) is 1. The van der Waals surface area contributed by atoms with E-state index in [4.69, 9.17) is 5.11 Å². The van der Waals surface area contributed by atoms with Gasteiger partial charge in [0.2, 0.25) is 5.82 Å². The Labute approximate surface area is 106 Å². The van der Waals surface area contributed by atoms with E-state index in [0.29, 0.717) is 31.1 Å². The molecule has 0 fully saturated rings. The van der Waals surface area contributed by atoms with Gasteiger partial charge in [0.1, 0.15) is 5.69 Å². The number of aromatic nitrogens is 2. The van der Waals surface area contributed by atoms with E-state index in [1.807, 2.05) is 13.8 Å². The van der Waals surface area contributed by atoms with Crippen molar-refractivity contribution in [3.63, 3.8) is 0 Å². The summed E-state index contributed by atoms with van der Waals surface area (Å²) in [4.78, 5) is 12.5. The Morgan fingerprint density at radius 2 is 2.17 bits per heavy atom. The minimum atomic E-state index is -0.399. The highest BCUT2D eigenvalue weighted by atomic mass is 16.6. The molecule has 7 nitrogen and oxygen atoms in total. The van der Waals surface area contributed by atoms with Gasteiger partial charge in [-0.1, -0.05) is 6.92 Å². The van der Waals surface area contributed by atoms with E-state index < -0.39 is 4.92 Å². The third-order valence-corrected chi connectivity index (χ3v) is 2.74. The van der Waals surface area contributed by atoms with Gasteiger partial charge in [0.25, 0.3) is 0 Å². The van der Waals surface area contributed by atoms with Crippen molar-refractivity contribution in [2.24, 2.45) is 0 Å². The Kier molecular flexibility index (Phi) is 5.08. The fourth-order valence-electron chi connectivity index (χ4n) is 1.99. The number of nitrogens with zero attached hydrogens (tertiary/aromatic N) is 4. The number of nitro groups is 1. The molecular weight excluding hydrogens is 236 g/mol. The van der Waals surface area contributed by atoms with Crippen LogP contribution in [0.4, 0.5) is 11.5 Å². The smallest absolute Gasteiger partial charge is 0.333 e. The van der Waals surface area contributed by atoms with Crippen LogP contribution in [0.2, 0.25) is 0 Å². The summed E-state index contributed by atoms with van der Waals surface area (Å²) in [5, 5.41) is 24.4. The second-order valence-electron chi connectivity index (χ2n) is 4.04. The largest absolute Gasteiger partial charge is 0.395 e. The molecule has 18 heavy (non-hydrogen) atoms. The summed E-state index contributed by atoms with van der Waals surface area (Å²) in [5.41, 5.74) is 0.457. The first kappa shape index (κ1) is 14.4. The lowest BCUT2D eigenvalue weighted by molar-refractivity contribution is -0.384. The van der Waals surface area contributed by atoms with E-state index in [1.165, 1.54) is 0 Å². The zero-order valence-corrected chi connectivity index (χ0v) is 11.1. The van der Waals surface area contributed by atoms with Gasteiger partial charge in [0.15, 0.2) is 0 Å². The molecule has 0 atom stereocenters. The third-order valence-electron chi connectivity index (χ3n) is 2.74. The van der Waals surface area contributed by atoms with Gasteiger partial charge in [-0.05, 0) is 20.3 Å². The number of aliphatic hydroxyl groups excluding tert-OH is 1. The fourth-order valence-corrected chi connectivity index (χ4v) is 1.99. The summed E-state index contributed by atoms with van der Waals surface area (Å²) < 4.78 is 1.66. The molecule has 0 aliphatic heterocycles. The number of rotatable bonds is 7. The molecule has 0 aliphatic rings. The first-order valence-corrected chi connectivity index (χ1v) is 6.14. The molecule has 1 aromatic rings. The molecule has 0 saturated heterocycles. The lowest BCUT2D eigenvalue weighted by Crippen LogP contribution is -2.29. The molecule has 7 heteroatoms. The van der Waals surface area contributed by atoms with Crippen molar-refractivity contribution in [2.75, 3.05) is 24.6 Å². The van der Waals surface area contributed by atoms with Crippen molar-refractivity contribution in [1.29, 1.82) is 0 Å². The lowest BCUT2D eigenvalue weighted by atomic mass is 10.3. The Bertz CT molecular complexity index is 417. The van der Waals surface area contributed by atoms with Gasteiger partial charge in [-0.3, -0.25) is 10.1 Å². The van der Waals surface area contributed by atoms with Crippen LogP contribution in [0, 0.1) is 17.0 Å². The van der Waals surface area contributed by atoms with Crippen LogP contribution in [0.3, 0.4) is 0 Å². The molecule has 1 rings (SSSR count). The van der Waals surface area contributed by atoms with E-state index >= 15 is 0 Å². The summed E-state index contributed by atoms with van der Waals surface area (Å²) in [7, 11) is 0. The number of hydrogen-bond acceptors (Lipinski definition) is 5. The number of anilines is 1. The van der Waals surface area contributed by atoms with Crippen LogP contribution >= 0.6 is 0 Å². The second kappa shape index (κ2) is 6.34. The van der Waals surface area contributed by atoms with Gasteiger partial charge in [0.05, 0.1) is 11.5 Å². The average Bonchev–Trinajstić information content (AvgIpc) is 2.63. The zero-order valence-electron chi connectivity index (χ0n) is 11.1. The Hall–Kier alpha value is -1.63. The summed E-state index contributed by atoms with van der Waals surface area (Å²) >= 11 is 0. The predicted octanol–water partition coefficient (Wildman–Crippen LogP) is 1.33. The van der Waals surface area contributed by atoms with Crippen molar-refractivity contribution < 1.29 is 10.0 Å². The zero-order chi connectivity index (χ0) is 13.7.